The van der Waals surface area contributed by atoms with E-state index in [1.54, 1.807) is 6.92 Å². The van der Waals surface area contributed by atoms with E-state index in [1.807, 2.05) is 0 Å². The van der Waals surface area contributed by atoms with E-state index in [-0.39, 0.29) is 6.61 Å². The van der Waals surface area contributed by atoms with E-state index in [4.69, 9.17) is 16.7 Å². The molecule has 0 aromatic carbocycles. The number of aliphatic hydroxyl groups excluding tert-OH is 1. The fraction of sp³-hybridized carbons (Fsp3) is 0.500. The lowest BCUT2D eigenvalue weighted by Crippen LogP contribution is -1.86. The van der Waals surface area contributed by atoms with Gasteiger partial charge in [0.25, 0.3) is 0 Å². The van der Waals surface area contributed by atoms with Crippen molar-refractivity contribution in [2.75, 3.05) is 6.61 Å². The molecule has 0 atom stereocenters. The minimum atomic E-state index is -0.485. The minimum absolute atomic E-state index is 0.0620. The predicted octanol–water partition coefficient (Wildman–Crippen LogP) is 1.08. The zero-order chi connectivity index (χ0) is 7.28. The second-order valence-electron chi connectivity index (χ2n) is 1.77. The van der Waals surface area contributed by atoms with E-state index >= 15 is 0 Å². The minimum Gasteiger partial charge on any atom is -0.396 e. The van der Waals surface area contributed by atoms with Gasteiger partial charge in [0.1, 0.15) is 0 Å². The van der Waals surface area contributed by atoms with Crippen LogP contribution in [-0.4, -0.2) is 17.0 Å². The summed E-state index contributed by atoms with van der Waals surface area (Å²) >= 11 is 5.01. The standard InChI is InChI=1S/C6H9ClO2/c1-5(2-3-8)4-6(7)9/h4,8H,2-3H2,1H3. The van der Waals surface area contributed by atoms with Gasteiger partial charge in [-0.05, 0) is 31.0 Å². The summed E-state index contributed by atoms with van der Waals surface area (Å²) in [7, 11) is 0. The summed E-state index contributed by atoms with van der Waals surface area (Å²) in [5, 5.41) is 7.87. The van der Waals surface area contributed by atoms with Crippen LogP contribution in [0.3, 0.4) is 0 Å². The van der Waals surface area contributed by atoms with Crippen molar-refractivity contribution in [3.05, 3.63) is 11.6 Å². The molecule has 52 valence electrons. The molecule has 0 spiro atoms. The van der Waals surface area contributed by atoms with E-state index in [0.29, 0.717) is 6.42 Å². The van der Waals surface area contributed by atoms with Gasteiger partial charge in [-0.3, -0.25) is 4.79 Å². The van der Waals surface area contributed by atoms with Gasteiger partial charge in [0.15, 0.2) is 0 Å². The molecule has 0 aliphatic heterocycles. The number of halogens is 1. The van der Waals surface area contributed by atoms with Gasteiger partial charge in [0.05, 0.1) is 0 Å². The molecule has 0 bridgehead atoms. The molecule has 0 aliphatic rings. The number of hydrogen-bond donors (Lipinski definition) is 1. The Morgan fingerprint density at radius 3 is 2.67 bits per heavy atom. The highest BCUT2D eigenvalue weighted by Crippen LogP contribution is 1.98. The Hall–Kier alpha value is -0.340. The Balaban J connectivity index is 3.69. The lowest BCUT2D eigenvalue weighted by molar-refractivity contribution is -0.107. The van der Waals surface area contributed by atoms with Crippen molar-refractivity contribution in [1.82, 2.24) is 0 Å². The quantitative estimate of drug-likeness (QED) is 0.481. The van der Waals surface area contributed by atoms with E-state index in [0.717, 1.165) is 5.57 Å². The van der Waals surface area contributed by atoms with E-state index in [2.05, 4.69) is 0 Å². The first-order valence-electron chi connectivity index (χ1n) is 2.64. The van der Waals surface area contributed by atoms with Crippen molar-refractivity contribution in [3.63, 3.8) is 0 Å². The monoisotopic (exact) mass is 148 g/mol. The molecule has 0 aliphatic carbocycles. The van der Waals surface area contributed by atoms with Crippen molar-refractivity contribution in [2.24, 2.45) is 0 Å². The fourth-order valence-electron chi connectivity index (χ4n) is 0.442. The van der Waals surface area contributed by atoms with Crippen molar-refractivity contribution < 1.29 is 9.90 Å². The molecule has 0 saturated carbocycles. The smallest absolute Gasteiger partial charge is 0.245 e. The summed E-state index contributed by atoms with van der Waals surface area (Å²) in [6.45, 7) is 1.81. The summed E-state index contributed by atoms with van der Waals surface area (Å²) in [4.78, 5) is 10.1. The first-order chi connectivity index (χ1) is 4.16. The zero-order valence-electron chi connectivity index (χ0n) is 5.22. The van der Waals surface area contributed by atoms with Crippen LogP contribution in [0.4, 0.5) is 0 Å². The Bertz CT molecular complexity index is 129. The number of carbonyl (C=O) groups excluding carboxylic acids is 1. The van der Waals surface area contributed by atoms with Crippen LogP contribution in [0.15, 0.2) is 11.6 Å². The maximum absolute atomic E-state index is 10.1. The third-order valence-electron chi connectivity index (χ3n) is 0.866. The molecule has 0 unspecified atom stereocenters. The van der Waals surface area contributed by atoms with Gasteiger partial charge >= 0.3 is 0 Å². The second-order valence-corrected chi connectivity index (χ2v) is 2.14. The van der Waals surface area contributed by atoms with Crippen molar-refractivity contribution >= 4 is 16.8 Å². The summed E-state index contributed by atoms with van der Waals surface area (Å²) in [6, 6.07) is 0. The van der Waals surface area contributed by atoms with Crippen LogP contribution in [0.25, 0.3) is 0 Å². The topological polar surface area (TPSA) is 37.3 Å². The third-order valence-corrected chi connectivity index (χ3v) is 0.975. The molecular formula is C6H9ClO2. The number of allylic oxidation sites excluding steroid dienone is 1. The van der Waals surface area contributed by atoms with E-state index < -0.39 is 5.24 Å². The number of aliphatic hydroxyl groups is 1. The van der Waals surface area contributed by atoms with Gasteiger partial charge in [0.2, 0.25) is 5.24 Å². The SMILES string of the molecule is CC(=CC(=O)Cl)CCO. The molecule has 2 nitrogen and oxygen atoms in total. The normalized spacial score (nSPS) is 11.7. The van der Waals surface area contributed by atoms with Crippen LogP contribution < -0.4 is 0 Å². The first kappa shape index (κ1) is 8.66. The van der Waals surface area contributed by atoms with Crippen LogP contribution in [0.1, 0.15) is 13.3 Å². The second kappa shape index (κ2) is 4.53. The summed E-state index contributed by atoms with van der Waals surface area (Å²) in [5.74, 6) is 0. The van der Waals surface area contributed by atoms with Crippen LogP contribution in [0.2, 0.25) is 0 Å². The Labute approximate surface area is 59.1 Å². The summed E-state index contributed by atoms with van der Waals surface area (Å²) < 4.78 is 0. The molecule has 0 rings (SSSR count). The largest absolute Gasteiger partial charge is 0.396 e. The molecular weight excluding hydrogens is 140 g/mol. The van der Waals surface area contributed by atoms with Gasteiger partial charge in [-0.15, -0.1) is 0 Å². The molecule has 0 heterocycles. The highest BCUT2D eigenvalue weighted by Gasteiger charge is 1.90. The molecule has 3 heteroatoms. The van der Waals surface area contributed by atoms with Crippen LogP contribution in [0, 0.1) is 0 Å². The molecule has 9 heavy (non-hydrogen) atoms. The lowest BCUT2D eigenvalue weighted by atomic mass is 10.2. The maximum Gasteiger partial charge on any atom is 0.245 e. The van der Waals surface area contributed by atoms with Gasteiger partial charge in [-0.1, -0.05) is 5.57 Å². The van der Waals surface area contributed by atoms with Gasteiger partial charge in [0, 0.05) is 6.61 Å². The zero-order valence-corrected chi connectivity index (χ0v) is 5.98. The van der Waals surface area contributed by atoms with E-state index in [9.17, 15) is 4.79 Å². The van der Waals surface area contributed by atoms with Crippen LogP contribution in [-0.2, 0) is 4.79 Å². The molecule has 0 amide bonds. The Morgan fingerprint density at radius 1 is 1.78 bits per heavy atom. The van der Waals surface area contributed by atoms with Crippen LogP contribution >= 0.6 is 11.6 Å². The van der Waals surface area contributed by atoms with Gasteiger partial charge in [-0.25, -0.2) is 0 Å². The predicted molar refractivity (Wildman–Crippen MR) is 36.3 cm³/mol. The Kier molecular flexibility index (Phi) is 4.36. The van der Waals surface area contributed by atoms with Crippen LogP contribution in [0.5, 0.6) is 0 Å². The molecule has 1 N–H and O–H groups in total. The van der Waals surface area contributed by atoms with Gasteiger partial charge in [-0.2, -0.15) is 0 Å². The number of carbonyl (C=O) groups is 1. The van der Waals surface area contributed by atoms with E-state index in [1.165, 1.54) is 6.08 Å². The average Bonchev–Trinajstić information content (AvgIpc) is 1.63. The maximum atomic E-state index is 10.1. The highest BCUT2D eigenvalue weighted by molar-refractivity contribution is 6.66. The molecule has 0 aromatic heterocycles. The summed E-state index contributed by atoms with van der Waals surface area (Å²) in [5.41, 5.74) is 0.803. The third kappa shape index (κ3) is 5.53. The molecule has 0 saturated heterocycles. The van der Waals surface area contributed by atoms with Crippen molar-refractivity contribution in [2.45, 2.75) is 13.3 Å². The average molecular weight is 149 g/mol. The molecule has 0 aromatic rings. The number of hydrogen-bond acceptors (Lipinski definition) is 2. The molecule has 0 radical (unpaired) electrons. The van der Waals surface area contributed by atoms with Gasteiger partial charge < -0.3 is 5.11 Å². The van der Waals surface area contributed by atoms with Crippen molar-refractivity contribution in [3.8, 4) is 0 Å². The number of rotatable bonds is 3. The Morgan fingerprint density at radius 2 is 2.33 bits per heavy atom. The van der Waals surface area contributed by atoms with Crippen molar-refractivity contribution in [1.29, 1.82) is 0 Å². The highest BCUT2D eigenvalue weighted by atomic mass is 35.5. The lowest BCUT2D eigenvalue weighted by Gasteiger charge is -1.91. The first-order valence-corrected chi connectivity index (χ1v) is 3.02. The molecule has 0 fully saturated rings. The summed E-state index contributed by atoms with van der Waals surface area (Å²) in [6.07, 6.45) is 1.82. The fourth-order valence-corrected chi connectivity index (χ4v) is 0.629.